The molecule has 1 aromatic carbocycles. The maximum absolute atomic E-state index is 12.6. The molecule has 0 fully saturated rings. The van der Waals surface area contributed by atoms with Crippen molar-refractivity contribution in [1.29, 1.82) is 0 Å². The number of carbonyl (C=O) groups is 1. The molecule has 108 valence electrons. The predicted octanol–water partition coefficient (Wildman–Crippen LogP) is 1.06. The highest BCUT2D eigenvalue weighted by molar-refractivity contribution is 5.99. The second-order valence-corrected chi connectivity index (χ2v) is 5.23. The average molecular weight is 292 g/mol. The number of hydrogen-bond donors (Lipinski definition) is 1. The lowest BCUT2D eigenvalue weighted by molar-refractivity contribution is 0.0918. The lowest BCUT2D eigenvalue weighted by Gasteiger charge is -2.26. The van der Waals surface area contributed by atoms with Crippen LogP contribution >= 0.6 is 0 Å². The fraction of sp³-hybridized carbons (Fsp3) is 0.133. The maximum Gasteiger partial charge on any atom is 0.254 e. The van der Waals surface area contributed by atoms with Gasteiger partial charge in [-0.15, -0.1) is 5.10 Å². The third-order valence-corrected chi connectivity index (χ3v) is 3.83. The molecule has 2 aromatic heterocycles. The predicted molar refractivity (Wildman–Crippen MR) is 77.3 cm³/mol. The second-order valence-electron chi connectivity index (χ2n) is 5.23. The van der Waals surface area contributed by atoms with E-state index in [0.717, 1.165) is 0 Å². The Bertz CT molecular complexity index is 859. The van der Waals surface area contributed by atoms with Gasteiger partial charge < -0.3 is 5.32 Å². The van der Waals surface area contributed by atoms with Crippen LogP contribution in [0.1, 0.15) is 28.8 Å². The van der Waals surface area contributed by atoms with Crippen molar-refractivity contribution >= 4 is 5.91 Å². The van der Waals surface area contributed by atoms with Crippen LogP contribution in [0.15, 0.2) is 48.7 Å². The summed E-state index contributed by atoms with van der Waals surface area (Å²) in [5.74, 6) is 0.320. The van der Waals surface area contributed by atoms with E-state index in [1.807, 2.05) is 43.3 Å². The van der Waals surface area contributed by atoms with E-state index in [9.17, 15) is 4.79 Å². The minimum Gasteiger partial charge on any atom is -0.334 e. The van der Waals surface area contributed by atoms with Gasteiger partial charge in [0, 0.05) is 6.20 Å². The molecule has 1 atom stereocenters. The Labute approximate surface area is 126 Å². The highest BCUT2D eigenvalue weighted by atomic mass is 16.2. The van der Waals surface area contributed by atoms with Crippen LogP contribution in [0.5, 0.6) is 0 Å². The molecule has 7 nitrogen and oxygen atoms in total. The molecule has 7 heteroatoms. The first kappa shape index (κ1) is 12.6. The molecule has 0 spiro atoms. The number of rotatable bonds is 1. The summed E-state index contributed by atoms with van der Waals surface area (Å²) in [6, 6.07) is 12.8. The van der Waals surface area contributed by atoms with E-state index in [2.05, 4.69) is 25.8 Å². The Morgan fingerprint density at radius 2 is 1.95 bits per heavy atom. The first-order valence-electron chi connectivity index (χ1n) is 6.82. The molecule has 3 aromatic rings. The van der Waals surface area contributed by atoms with Gasteiger partial charge in [-0.05, 0) is 41.6 Å². The standard InChI is InChI=1S/C15H12N6O/c1-15(12-8-4-5-9-16-12)14-18-19-20-21(14)11-7-3-2-6-10(11)13(22)17-15/h2-9H,1H3,(H,17,22)/t15-/m0/s1. The Kier molecular flexibility index (Phi) is 2.56. The van der Waals surface area contributed by atoms with E-state index in [-0.39, 0.29) is 5.91 Å². The number of aromatic nitrogens is 5. The molecule has 1 aliphatic heterocycles. The number of nitrogens with one attached hydrogen (secondary N) is 1. The normalized spacial score (nSPS) is 19.8. The van der Waals surface area contributed by atoms with Gasteiger partial charge in [-0.25, -0.2) is 0 Å². The third kappa shape index (κ3) is 1.65. The molecular weight excluding hydrogens is 280 g/mol. The zero-order chi connectivity index (χ0) is 15.2. The lowest BCUT2D eigenvalue weighted by atomic mass is 9.96. The van der Waals surface area contributed by atoms with E-state index >= 15 is 0 Å². The topological polar surface area (TPSA) is 85.6 Å². The molecule has 4 rings (SSSR count). The summed E-state index contributed by atoms with van der Waals surface area (Å²) in [6.07, 6.45) is 1.68. The Balaban J connectivity index is 2.01. The number of carbonyl (C=O) groups excluding carboxylic acids is 1. The summed E-state index contributed by atoms with van der Waals surface area (Å²) in [5.41, 5.74) is 0.934. The van der Waals surface area contributed by atoms with Gasteiger partial charge in [0.2, 0.25) is 0 Å². The quantitative estimate of drug-likeness (QED) is 0.725. The zero-order valence-corrected chi connectivity index (χ0v) is 11.8. The van der Waals surface area contributed by atoms with Crippen LogP contribution in [-0.2, 0) is 5.54 Å². The van der Waals surface area contributed by atoms with E-state index in [0.29, 0.717) is 22.8 Å². The van der Waals surface area contributed by atoms with Gasteiger partial charge in [0.05, 0.1) is 16.9 Å². The third-order valence-electron chi connectivity index (χ3n) is 3.83. The molecule has 0 unspecified atom stereocenters. The van der Waals surface area contributed by atoms with Crippen LogP contribution in [0.25, 0.3) is 5.69 Å². The monoisotopic (exact) mass is 292 g/mol. The van der Waals surface area contributed by atoms with Crippen molar-refractivity contribution in [3.05, 3.63) is 65.7 Å². The van der Waals surface area contributed by atoms with Crippen molar-refractivity contribution < 1.29 is 4.79 Å². The average Bonchev–Trinajstić information content (AvgIpc) is 3.02. The lowest BCUT2D eigenvalue weighted by Crippen LogP contribution is -2.45. The number of benzene rings is 1. The van der Waals surface area contributed by atoms with Gasteiger partial charge in [-0.3, -0.25) is 9.78 Å². The second kappa shape index (κ2) is 4.45. The number of pyridine rings is 1. The maximum atomic E-state index is 12.6. The minimum absolute atomic E-state index is 0.198. The molecule has 22 heavy (non-hydrogen) atoms. The first-order valence-corrected chi connectivity index (χ1v) is 6.82. The largest absolute Gasteiger partial charge is 0.334 e. The van der Waals surface area contributed by atoms with Crippen molar-refractivity contribution in [3.63, 3.8) is 0 Å². The van der Waals surface area contributed by atoms with Crippen LogP contribution < -0.4 is 5.32 Å². The first-order chi connectivity index (χ1) is 10.7. The Hall–Kier alpha value is -3.09. The summed E-state index contributed by atoms with van der Waals surface area (Å²) >= 11 is 0. The molecular formula is C15H12N6O. The smallest absolute Gasteiger partial charge is 0.254 e. The number of fused-ring (bicyclic) bond motifs is 3. The van der Waals surface area contributed by atoms with Gasteiger partial charge in [0.15, 0.2) is 5.82 Å². The molecule has 1 N–H and O–H groups in total. The van der Waals surface area contributed by atoms with Crippen LogP contribution in [0.2, 0.25) is 0 Å². The summed E-state index contributed by atoms with van der Waals surface area (Å²) in [6.45, 7) is 1.85. The van der Waals surface area contributed by atoms with Crippen LogP contribution in [-0.4, -0.2) is 31.1 Å². The minimum atomic E-state index is -0.916. The molecule has 1 aliphatic rings. The number of tetrazole rings is 1. The molecule has 0 radical (unpaired) electrons. The van der Waals surface area contributed by atoms with E-state index in [1.165, 1.54) is 0 Å². The zero-order valence-electron chi connectivity index (χ0n) is 11.8. The van der Waals surface area contributed by atoms with Gasteiger partial charge >= 0.3 is 0 Å². The molecule has 3 heterocycles. The van der Waals surface area contributed by atoms with Crippen LogP contribution in [0.4, 0.5) is 0 Å². The van der Waals surface area contributed by atoms with Crippen molar-refractivity contribution in [3.8, 4) is 5.69 Å². The van der Waals surface area contributed by atoms with Crippen molar-refractivity contribution in [2.75, 3.05) is 0 Å². The number of amides is 1. The number of nitrogens with zero attached hydrogens (tertiary/aromatic N) is 5. The van der Waals surface area contributed by atoms with Crippen molar-refractivity contribution in [2.24, 2.45) is 0 Å². The van der Waals surface area contributed by atoms with Crippen molar-refractivity contribution in [2.45, 2.75) is 12.5 Å². The summed E-state index contributed by atoms with van der Waals surface area (Å²) < 4.78 is 1.59. The fourth-order valence-corrected chi connectivity index (χ4v) is 2.70. The Morgan fingerprint density at radius 3 is 2.77 bits per heavy atom. The van der Waals surface area contributed by atoms with Gasteiger partial charge in [-0.2, -0.15) is 4.68 Å². The highest BCUT2D eigenvalue weighted by Gasteiger charge is 2.41. The van der Waals surface area contributed by atoms with Gasteiger partial charge in [-0.1, -0.05) is 18.2 Å². The summed E-state index contributed by atoms with van der Waals surface area (Å²) in [4.78, 5) is 17.0. The van der Waals surface area contributed by atoms with Crippen molar-refractivity contribution in [1.82, 2.24) is 30.5 Å². The van der Waals surface area contributed by atoms with E-state index in [1.54, 1.807) is 16.9 Å². The number of hydrogen-bond acceptors (Lipinski definition) is 5. The van der Waals surface area contributed by atoms with E-state index in [4.69, 9.17) is 0 Å². The summed E-state index contributed by atoms with van der Waals surface area (Å²) in [7, 11) is 0. The Morgan fingerprint density at radius 1 is 1.14 bits per heavy atom. The molecule has 0 saturated carbocycles. The van der Waals surface area contributed by atoms with Gasteiger partial charge in [0.1, 0.15) is 5.54 Å². The fourth-order valence-electron chi connectivity index (χ4n) is 2.70. The summed E-state index contributed by atoms with van der Waals surface area (Å²) in [5, 5.41) is 15.0. The molecule has 0 saturated heterocycles. The molecule has 1 amide bonds. The van der Waals surface area contributed by atoms with E-state index < -0.39 is 5.54 Å². The SMILES string of the molecule is C[C@@]1(c2ccccn2)NC(=O)c2ccccc2-n2nnnc21. The molecule has 0 aliphatic carbocycles. The van der Waals surface area contributed by atoms with Crippen LogP contribution in [0.3, 0.4) is 0 Å². The highest BCUT2D eigenvalue weighted by Crippen LogP contribution is 2.31. The molecule has 0 bridgehead atoms. The van der Waals surface area contributed by atoms with Crippen LogP contribution in [0, 0.1) is 0 Å². The number of para-hydroxylation sites is 1. The van der Waals surface area contributed by atoms with Gasteiger partial charge in [0.25, 0.3) is 5.91 Å².